The van der Waals surface area contributed by atoms with Crippen LogP contribution in [0.25, 0.3) is 0 Å². The molecule has 106 valence electrons. The molecule has 3 N–H and O–H groups in total. The lowest BCUT2D eigenvalue weighted by molar-refractivity contribution is 0.195. The smallest absolute Gasteiger partial charge is 0.123 e. The Balaban J connectivity index is 2.23. The highest BCUT2D eigenvalue weighted by atomic mass is 16.3. The van der Waals surface area contributed by atoms with Crippen molar-refractivity contribution in [3.63, 3.8) is 0 Å². The summed E-state index contributed by atoms with van der Waals surface area (Å²) >= 11 is 0. The summed E-state index contributed by atoms with van der Waals surface area (Å²) in [5, 5.41) is 28.7. The highest BCUT2D eigenvalue weighted by Crippen LogP contribution is 2.33. The molecule has 19 heavy (non-hydrogen) atoms. The van der Waals surface area contributed by atoms with Gasteiger partial charge in [-0.05, 0) is 25.8 Å². The predicted octanol–water partition coefficient (Wildman–Crippen LogP) is 2.19. The van der Waals surface area contributed by atoms with Crippen LogP contribution >= 0.6 is 0 Å². The Kier molecular flexibility index (Phi) is 4.66. The first kappa shape index (κ1) is 14.2. The molecule has 1 aromatic carbocycles. The van der Waals surface area contributed by atoms with E-state index >= 15 is 0 Å². The van der Waals surface area contributed by atoms with E-state index in [-0.39, 0.29) is 12.4 Å². The summed E-state index contributed by atoms with van der Waals surface area (Å²) in [4.78, 5) is 2.17. The van der Waals surface area contributed by atoms with Crippen molar-refractivity contribution in [3.05, 3.63) is 23.8 Å². The van der Waals surface area contributed by atoms with E-state index in [1.165, 1.54) is 12.8 Å². The number of nitrogens with zero attached hydrogens (tertiary/aromatic N) is 1. The van der Waals surface area contributed by atoms with Gasteiger partial charge in [0.1, 0.15) is 5.75 Å². The molecule has 0 aliphatic heterocycles. The number of hydrogen-bond donors (Lipinski definition) is 3. The fourth-order valence-electron chi connectivity index (χ4n) is 2.91. The first-order valence-corrected chi connectivity index (χ1v) is 7.02. The van der Waals surface area contributed by atoms with Gasteiger partial charge >= 0.3 is 0 Å². The first-order chi connectivity index (χ1) is 9.13. The summed E-state index contributed by atoms with van der Waals surface area (Å²) in [6.07, 6.45) is 4.05. The van der Waals surface area contributed by atoms with Crippen LogP contribution in [0.2, 0.25) is 0 Å². The lowest BCUT2D eigenvalue weighted by Crippen LogP contribution is -2.35. The molecule has 0 spiro atoms. The van der Waals surface area contributed by atoms with Crippen LogP contribution < -0.4 is 4.90 Å². The molecule has 0 aromatic heterocycles. The first-order valence-electron chi connectivity index (χ1n) is 7.02. The molecule has 0 heterocycles. The van der Waals surface area contributed by atoms with E-state index < -0.39 is 6.10 Å². The third-order valence-electron chi connectivity index (χ3n) is 3.90. The molecular formula is C15H23NO3. The number of aromatic hydroxyl groups is 1. The summed E-state index contributed by atoms with van der Waals surface area (Å²) in [6, 6.07) is 5.81. The number of phenols is 1. The Morgan fingerprint density at radius 2 is 2.00 bits per heavy atom. The highest BCUT2D eigenvalue weighted by Gasteiger charge is 2.23. The molecule has 1 atom stereocenters. The highest BCUT2D eigenvalue weighted by molar-refractivity contribution is 5.54. The molecule has 4 heteroatoms. The topological polar surface area (TPSA) is 63.9 Å². The number of hydrogen-bond acceptors (Lipinski definition) is 4. The van der Waals surface area contributed by atoms with Gasteiger partial charge in [0.15, 0.2) is 0 Å². The third-order valence-corrected chi connectivity index (χ3v) is 3.90. The van der Waals surface area contributed by atoms with Crippen molar-refractivity contribution in [1.82, 2.24) is 0 Å². The Bertz CT molecular complexity index is 414. The number of benzene rings is 1. The summed E-state index contributed by atoms with van der Waals surface area (Å²) in [5.41, 5.74) is 1.46. The summed E-state index contributed by atoms with van der Waals surface area (Å²) in [6.45, 7) is 2.32. The van der Waals surface area contributed by atoms with E-state index in [9.17, 15) is 15.3 Å². The summed E-state index contributed by atoms with van der Waals surface area (Å²) in [5.74, 6) is 0.119. The monoisotopic (exact) mass is 265 g/mol. The lowest BCUT2D eigenvalue weighted by atomic mass is 10.1. The van der Waals surface area contributed by atoms with Gasteiger partial charge in [-0.3, -0.25) is 0 Å². The Labute approximate surface area is 114 Å². The predicted molar refractivity (Wildman–Crippen MR) is 75.4 cm³/mol. The van der Waals surface area contributed by atoms with Crippen LogP contribution in [0.4, 0.5) is 5.69 Å². The van der Waals surface area contributed by atoms with Gasteiger partial charge in [-0.25, -0.2) is 0 Å². The summed E-state index contributed by atoms with van der Waals surface area (Å²) in [7, 11) is 0. The minimum atomic E-state index is -0.674. The van der Waals surface area contributed by atoms with Crippen molar-refractivity contribution < 1.29 is 15.3 Å². The standard InChI is InChI=1S/C15H23NO3/c1-11(18)14-7-6-13(10-15(14)19)16(8-9-17)12-4-2-3-5-12/h6-7,10-12,17-19H,2-5,8-9H2,1H3. The van der Waals surface area contributed by atoms with E-state index in [4.69, 9.17) is 0 Å². The van der Waals surface area contributed by atoms with Gasteiger partial charge in [0.2, 0.25) is 0 Å². The van der Waals surface area contributed by atoms with Crippen molar-refractivity contribution in [2.45, 2.75) is 44.8 Å². The average molecular weight is 265 g/mol. The second kappa shape index (κ2) is 6.26. The van der Waals surface area contributed by atoms with Gasteiger partial charge < -0.3 is 20.2 Å². The minimum Gasteiger partial charge on any atom is -0.507 e. The van der Waals surface area contributed by atoms with Gasteiger partial charge in [0.05, 0.1) is 12.7 Å². The number of rotatable bonds is 5. The maximum Gasteiger partial charge on any atom is 0.123 e. The fourth-order valence-corrected chi connectivity index (χ4v) is 2.91. The van der Waals surface area contributed by atoms with Crippen molar-refractivity contribution in [3.8, 4) is 5.75 Å². The summed E-state index contributed by atoms with van der Waals surface area (Å²) < 4.78 is 0. The van der Waals surface area contributed by atoms with Crippen molar-refractivity contribution in [2.75, 3.05) is 18.1 Å². The Morgan fingerprint density at radius 1 is 1.32 bits per heavy atom. The van der Waals surface area contributed by atoms with E-state index in [1.54, 1.807) is 19.1 Å². The fraction of sp³-hybridized carbons (Fsp3) is 0.600. The molecule has 1 fully saturated rings. The van der Waals surface area contributed by atoms with Crippen molar-refractivity contribution in [2.24, 2.45) is 0 Å². The van der Waals surface area contributed by atoms with Crippen LogP contribution in [-0.2, 0) is 0 Å². The minimum absolute atomic E-state index is 0.107. The van der Waals surface area contributed by atoms with Crippen molar-refractivity contribution >= 4 is 5.69 Å². The van der Waals surface area contributed by atoms with Gasteiger partial charge in [0.25, 0.3) is 0 Å². The largest absolute Gasteiger partial charge is 0.507 e. The normalized spacial score (nSPS) is 17.6. The molecule has 1 aromatic rings. The zero-order chi connectivity index (χ0) is 13.8. The van der Waals surface area contributed by atoms with Gasteiger partial charge in [-0.1, -0.05) is 18.9 Å². The zero-order valence-corrected chi connectivity index (χ0v) is 11.4. The molecule has 1 aliphatic rings. The zero-order valence-electron chi connectivity index (χ0n) is 11.4. The maximum atomic E-state index is 9.97. The van der Waals surface area contributed by atoms with E-state index in [1.807, 2.05) is 6.07 Å². The van der Waals surface area contributed by atoms with Crippen LogP contribution in [0.15, 0.2) is 18.2 Å². The van der Waals surface area contributed by atoms with Crippen LogP contribution in [0.5, 0.6) is 5.75 Å². The Hall–Kier alpha value is -1.26. The molecular weight excluding hydrogens is 242 g/mol. The lowest BCUT2D eigenvalue weighted by Gasteiger charge is -2.31. The number of aliphatic hydroxyl groups excluding tert-OH is 2. The molecule has 1 unspecified atom stereocenters. The second-order valence-electron chi connectivity index (χ2n) is 5.27. The van der Waals surface area contributed by atoms with Crippen molar-refractivity contribution in [1.29, 1.82) is 0 Å². The molecule has 2 rings (SSSR count). The number of anilines is 1. The van der Waals surface area contributed by atoms with E-state index in [0.717, 1.165) is 18.5 Å². The number of aliphatic hydroxyl groups is 2. The SMILES string of the molecule is CC(O)c1ccc(N(CCO)C2CCCC2)cc1O. The van der Waals surface area contributed by atoms with Gasteiger partial charge in [0, 0.05) is 29.9 Å². The second-order valence-corrected chi connectivity index (χ2v) is 5.27. The average Bonchev–Trinajstić information content (AvgIpc) is 2.89. The third kappa shape index (κ3) is 3.19. The maximum absolute atomic E-state index is 9.97. The van der Waals surface area contributed by atoms with Crippen LogP contribution in [0, 0.1) is 0 Å². The molecule has 4 nitrogen and oxygen atoms in total. The van der Waals surface area contributed by atoms with Gasteiger partial charge in [-0.15, -0.1) is 0 Å². The molecule has 1 aliphatic carbocycles. The van der Waals surface area contributed by atoms with E-state index in [0.29, 0.717) is 18.2 Å². The molecule has 0 bridgehead atoms. The molecule has 0 radical (unpaired) electrons. The molecule has 1 saturated carbocycles. The van der Waals surface area contributed by atoms with Crippen LogP contribution in [0.3, 0.4) is 0 Å². The molecule has 0 amide bonds. The van der Waals surface area contributed by atoms with Gasteiger partial charge in [-0.2, -0.15) is 0 Å². The Morgan fingerprint density at radius 3 is 2.53 bits per heavy atom. The quantitative estimate of drug-likeness (QED) is 0.763. The number of phenolic OH excluding ortho intramolecular Hbond substituents is 1. The van der Waals surface area contributed by atoms with Crippen LogP contribution in [-0.4, -0.2) is 34.5 Å². The van der Waals surface area contributed by atoms with Crippen LogP contribution in [0.1, 0.15) is 44.3 Å². The van der Waals surface area contributed by atoms with E-state index in [2.05, 4.69) is 4.90 Å². The molecule has 0 saturated heterocycles.